The standard InChI is InChI=1S/C22H19O3/c1-2-24-22(23)19-14-16-20(18-11-7-4-8-12-18)25-21(19)15-13-17-9-5-3-6-10-17/h3-16H,2H2,1H3/q+1. The van der Waals surface area contributed by atoms with Crippen molar-refractivity contribution in [3.05, 3.63) is 89.7 Å². The largest absolute Gasteiger partial charge is 0.462 e. The molecular weight excluding hydrogens is 312 g/mol. The number of hydrogen-bond acceptors (Lipinski definition) is 2. The van der Waals surface area contributed by atoms with E-state index < -0.39 is 5.97 Å². The van der Waals surface area contributed by atoms with E-state index in [1.54, 1.807) is 25.1 Å². The highest BCUT2D eigenvalue weighted by Crippen LogP contribution is 2.24. The Bertz CT molecular complexity index is 868. The van der Waals surface area contributed by atoms with Gasteiger partial charge in [-0.25, -0.2) is 9.21 Å². The monoisotopic (exact) mass is 331 g/mol. The summed E-state index contributed by atoms with van der Waals surface area (Å²) in [4.78, 5) is 12.2. The number of carbonyl (C=O) groups excluding carboxylic acids is 1. The maximum absolute atomic E-state index is 12.2. The van der Waals surface area contributed by atoms with Crippen LogP contribution in [0.1, 0.15) is 28.6 Å². The van der Waals surface area contributed by atoms with E-state index in [2.05, 4.69) is 0 Å². The van der Waals surface area contributed by atoms with Gasteiger partial charge in [0.1, 0.15) is 0 Å². The first-order valence-electron chi connectivity index (χ1n) is 8.21. The van der Waals surface area contributed by atoms with Gasteiger partial charge in [0.2, 0.25) is 0 Å². The van der Waals surface area contributed by atoms with E-state index in [-0.39, 0.29) is 0 Å². The Labute approximate surface area is 147 Å². The molecule has 0 amide bonds. The first kappa shape index (κ1) is 16.7. The van der Waals surface area contributed by atoms with Crippen LogP contribution >= 0.6 is 0 Å². The fourth-order valence-electron chi connectivity index (χ4n) is 2.44. The van der Waals surface area contributed by atoms with Crippen LogP contribution in [0.25, 0.3) is 23.5 Å². The van der Waals surface area contributed by atoms with Crippen LogP contribution in [0.4, 0.5) is 0 Å². The Balaban J connectivity index is 2.01. The summed E-state index contributed by atoms with van der Waals surface area (Å²) in [5.41, 5.74) is 2.39. The zero-order valence-electron chi connectivity index (χ0n) is 14.0. The average Bonchev–Trinajstić information content (AvgIpc) is 2.68. The lowest BCUT2D eigenvalue weighted by Crippen LogP contribution is -2.06. The third-order valence-electron chi connectivity index (χ3n) is 3.67. The van der Waals surface area contributed by atoms with Crippen molar-refractivity contribution in [3.63, 3.8) is 0 Å². The molecule has 25 heavy (non-hydrogen) atoms. The van der Waals surface area contributed by atoms with Gasteiger partial charge in [0.05, 0.1) is 12.2 Å². The Hall–Kier alpha value is -3.20. The minimum absolute atomic E-state index is 0.321. The predicted molar refractivity (Wildman–Crippen MR) is 99.9 cm³/mol. The lowest BCUT2D eigenvalue weighted by atomic mass is 10.1. The lowest BCUT2D eigenvalue weighted by molar-refractivity contribution is 0.0523. The van der Waals surface area contributed by atoms with Crippen molar-refractivity contribution in [3.8, 4) is 11.3 Å². The molecule has 3 nitrogen and oxygen atoms in total. The van der Waals surface area contributed by atoms with Crippen LogP contribution < -0.4 is 0 Å². The van der Waals surface area contributed by atoms with E-state index in [0.29, 0.717) is 23.7 Å². The fraction of sp³-hybridized carbons (Fsp3) is 0.0909. The molecule has 0 saturated carbocycles. The molecule has 0 unspecified atom stereocenters. The molecule has 0 aliphatic carbocycles. The number of esters is 1. The molecule has 0 fully saturated rings. The van der Waals surface area contributed by atoms with Crippen LogP contribution in [-0.4, -0.2) is 12.6 Å². The summed E-state index contributed by atoms with van der Waals surface area (Å²) in [6.45, 7) is 2.11. The molecule has 2 aromatic carbocycles. The summed E-state index contributed by atoms with van der Waals surface area (Å²) in [5, 5.41) is 0. The van der Waals surface area contributed by atoms with Crippen LogP contribution in [0.2, 0.25) is 0 Å². The van der Waals surface area contributed by atoms with Crippen molar-refractivity contribution >= 4 is 18.1 Å². The number of rotatable bonds is 5. The molecule has 0 radical (unpaired) electrons. The van der Waals surface area contributed by atoms with Gasteiger partial charge in [-0.3, -0.25) is 0 Å². The lowest BCUT2D eigenvalue weighted by Gasteiger charge is -2.00. The van der Waals surface area contributed by atoms with Crippen LogP contribution in [0.3, 0.4) is 0 Å². The van der Waals surface area contributed by atoms with Gasteiger partial charge in [0.25, 0.3) is 0 Å². The summed E-state index contributed by atoms with van der Waals surface area (Å²) < 4.78 is 11.1. The van der Waals surface area contributed by atoms with Gasteiger partial charge in [0, 0.05) is 12.1 Å². The maximum Gasteiger partial charge on any atom is 0.368 e. The molecule has 3 heteroatoms. The van der Waals surface area contributed by atoms with Gasteiger partial charge in [-0.2, -0.15) is 0 Å². The van der Waals surface area contributed by atoms with Crippen molar-refractivity contribution < 1.29 is 13.9 Å². The quantitative estimate of drug-likeness (QED) is 0.453. The van der Waals surface area contributed by atoms with Crippen molar-refractivity contribution in [2.45, 2.75) is 6.92 Å². The summed E-state index contributed by atoms with van der Waals surface area (Å²) >= 11 is 0. The molecule has 124 valence electrons. The van der Waals surface area contributed by atoms with Crippen molar-refractivity contribution in [1.29, 1.82) is 0 Å². The molecule has 1 aromatic heterocycles. The molecular formula is C22H19O3+. The minimum Gasteiger partial charge on any atom is -0.462 e. The Morgan fingerprint density at radius 3 is 2.28 bits per heavy atom. The third kappa shape index (κ3) is 4.21. The molecule has 0 N–H and O–H groups in total. The Morgan fingerprint density at radius 2 is 1.60 bits per heavy atom. The summed E-state index contributed by atoms with van der Waals surface area (Å²) in [7, 11) is 0. The van der Waals surface area contributed by atoms with Crippen LogP contribution in [0.5, 0.6) is 0 Å². The second-order valence-corrected chi connectivity index (χ2v) is 5.41. The normalized spacial score (nSPS) is 10.8. The van der Waals surface area contributed by atoms with Gasteiger partial charge in [-0.1, -0.05) is 48.5 Å². The highest BCUT2D eigenvalue weighted by atomic mass is 16.5. The van der Waals surface area contributed by atoms with E-state index in [9.17, 15) is 4.79 Å². The minimum atomic E-state index is -0.390. The number of ether oxygens (including phenoxy) is 1. The van der Waals surface area contributed by atoms with E-state index >= 15 is 0 Å². The zero-order chi connectivity index (χ0) is 17.5. The summed E-state index contributed by atoms with van der Waals surface area (Å²) in [6.07, 6.45) is 3.71. The summed E-state index contributed by atoms with van der Waals surface area (Å²) in [5.74, 6) is 0.781. The maximum atomic E-state index is 12.2. The number of carbonyl (C=O) groups is 1. The van der Waals surface area contributed by atoms with Crippen molar-refractivity contribution in [2.24, 2.45) is 0 Å². The van der Waals surface area contributed by atoms with Crippen LogP contribution in [0.15, 0.2) is 77.2 Å². The van der Waals surface area contributed by atoms with Crippen LogP contribution in [0, 0.1) is 0 Å². The van der Waals surface area contributed by atoms with E-state index in [1.807, 2.05) is 66.7 Å². The molecule has 0 saturated heterocycles. The Morgan fingerprint density at radius 1 is 0.920 bits per heavy atom. The summed E-state index contributed by atoms with van der Waals surface area (Å²) in [6, 6.07) is 23.2. The van der Waals surface area contributed by atoms with Crippen LogP contribution in [-0.2, 0) is 4.74 Å². The molecule has 0 spiro atoms. The van der Waals surface area contributed by atoms with Crippen molar-refractivity contribution in [2.75, 3.05) is 6.61 Å². The smallest absolute Gasteiger partial charge is 0.368 e. The van der Waals surface area contributed by atoms with E-state index in [4.69, 9.17) is 9.15 Å². The second-order valence-electron chi connectivity index (χ2n) is 5.41. The fourth-order valence-corrected chi connectivity index (χ4v) is 2.44. The first-order valence-corrected chi connectivity index (χ1v) is 8.21. The molecule has 3 aromatic rings. The SMILES string of the molecule is CCOC(=O)c1ccc(-c2ccccc2)[o+]c1C=Cc1ccccc1. The Kier molecular flexibility index (Phi) is 5.37. The predicted octanol–water partition coefficient (Wildman–Crippen LogP) is 5.57. The molecule has 0 aliphatic heterocycles. The van der Waals surface area contributed by atoms with E-state index in [0.717, 1.165) is 11.1 Å². The average molecular weight is 331 g/mol. The van der Waals surface area contributed by atoms with Gasteiger partial charge < -0.3 is 4.74 Å². The second kappa shape index (κ2) is 8.06. The molecule has 0 aliphatic rings. The van der Waals surface area contributed by atoms with Gasteiger partial charge >= 0.3 is 17.5 Å². The molecule has 0 atom stereocenters. The molecule has 1 heterocycles. The van der Waals surface area contributed by atoms with Gasteiger partial charge in [0.15, 0.2) is 5.56 Å². The number of hydrogen-bond donors (Lipinski definition) is 0. The van der Waals surface area contributed by atoms with E-state index in [1.165, 1.54) is 0 Å². The first-order chi connectivity index (χ1) is 12.3. The highest BCUT2D eigenvalue weighted by molar-refractivity contribution is 5.94. The molecule has 3 rings (SSSR count). The zero-order valence-corrected chi connectivity index (χ0v) is 14.0. The van der Waals surface area contributed by atoms with Gasteiger partial charge in [-0.15, -0.1) is 0 Å². The van der Waals surface area contributed by atoms with Gasteiger partial charge in [-0.05, 0) is 36.8 Å². The number of benzene rings is 2. The molecule has 0 bridgehead atoms. The highest BCUT2D eigenvalue weighted by Gasteiger charge is 2.24. The van der Waals surface area contributed by atoms with Crippen molar-refractivity contribution in [1.82, 2.24) is 0 Å². The third-order valence-corrected chi connectivity index (χ3v) is 3.67. The topological polar surface area (TPSA) is 37.6 Å².